The Labute approximate surface area is 126 Å². The quantitative estimate of drug-likeness (QED) is 0.875. The van der Waals surface area contributed by atoms with Gasteiger partial charge in [-0.3, -0.25) is 9.48 Å². The van der Waals surface area contributed by atoms with Crippen molar-refractivity contribution in [3.8, 4) is 0 Å². The summed E-state index contributed by atoms with van der Waals surface area (Å²) in [5, 5.41) is 10.9. The van der Waals surface area contributed by atoms with Crippen molar-refractivity contribution in [1.82, 2.24) is 15.1 Å². The summed E-state index contributed by atoms with van der Waals surface area (Å²) < 4.78 is 1.72. The van der Waals surface area contributed by atoms with Gasteiger partial charge in [-0.15, -0.1) is 0 Å². The average Bonchev–Trinajstić information content (AvgIpc) is 3.12. The largest absolute Gasteiger partial charge is 0.380 e. The highest BCUT2D eigenvalue weighted by atomic mass is 16.2. The minimum atomic E-state index is 0.0620. The molecule has 21 heavy (non-hydrogen) atoms. The van der Waals surface area contributed by atoms with Gasteiger partial charge in [0.25, 0.3) is 0 Å². The monoisotopic (exact) mass is 290 g/mol. The van der Waals surface area contributed by atoms with E-state index in [4.69, 9.17) is 0 Å². The van der Waals surface area contributed by atoms with Gasteiger partial charge in [0.05, 0.1) is 11.9 Å². The molecule has 1 aromatic rings. The smallest absolute Gasteiger partial charge is 0.241 e. The van der Waals surface area contributed by atoms with Crippen LogP contribution in [0.2, 0.25) is 0 Å². The number of carbonyl (C=O) groups is 1. The lowest BCUT2D eigenvalue weighted by Crippen LogP contribution is -2.32. The first-order valence-electron chi connectivity index (χ1n) is 8.18. The molecule has 5 nitrogen and oxygen atoms in total. The Kier molecular flexibility index (Phi) is 4.17. The van der Waals surface area contributed by atoms with Crippen molar-refractivity contribution in [2.75, 3.05) is 5.32 Å². The van der Waals surface area contributed by atoms with Gasteiger partial charge in [0.2, 0.25) is 5.91 Å². The fraction of sp³-hybridized carbons (Fsp3) is 0.750. The molecule has 0 spiro atoms. The summed E-state index contributed by atoms with van der Waals surface area (Å²) in [6.45, 7) is 4.97. The van der Waals surface area contributed by atoms with Gasteiger partial charge in [-0.05, 0) is 43.9 Å². The van der Waals surface area contributed by atoms with Crippen LogP contribution < -0.4 is 10.6 Å². The number of anilines is 1. The SMILES string of the molecule is CC1CCC(Nc2cnn(CC(=O)NC3CC3)c2)C(C)C1. The molecule has 1 amide bonds. The van der Waals surface area contributed by atoms with E-state index in [1.807, 2.05) is 12.4 Å². The summed E-state index contributed by atoms with van der Waals surface area (Å²) in [4.78, 5) is 11.8. The molecule has 2 N–H and O–H groups in total. The van der Waals surface area contributed by atoms with Crippen LogP contribution in [0.5, 0.6) is 0 Å². The van der Waals surface area contributed by atoms with Crippen LogP contribution in [-0.4, -0.2) is 27.8 Å². The lowest BCUT2D eigenvalue weighted by Gasteiger charge is -2.33. The molecule has 0 radical (unpaired) electrons. The van der Waals surface area contributed by atoms with Gasteiger partial charge in [0, 0.05) is 18.3 Å². The molecule has 5 heteroatoms. The average molecular weight is 290 g/mol. The fourth-order valence-corrected chi connectivity index (χ4v) is 3.27. The number of rotatable bonds is 5. The first-order valence-corrected chi connectivity index (χ1v) is 8.18. The molecule has 3 rings (SSSR count). The van der Waals surface area contributed by atoms with Gasteiger partial charge >= 0.3 is 0 Å². The van der Waals surface area contributed by atoms with Crippen LogP contribution in [0.15, 0.2) is 12.4 Å². The predicted molar refractivity (Wildman–Crippen MR) is 83.0 cm³/mol. The van der Waals surface area contributed by atoms with Crippen LogP contribution in [-0.2, 0) is 11.3 Å². The molecule has 0 aromatic carbocycles. The third kappa shape index (κ3) is 3.99. The van der Waals surface area contributed by atoms with E-state index in [-0.39, 0.29) is 5.91 Å². The second-order valence-corrected chi connectivity index (χ2v) is 6.91. The highest BCUT2D eigenvalue weighted by Gasteiger charge is 2.26. The second kappa shape index (κ2) is 6.08. The van der Waals surface area contributed by atoms with Crippen molar-refractivity contribution >= 4 is 11.6 Å². The van der Waals surface area contributed by atoms with E-state index < -0.39 is 0 Å². The van der Waals surface area contributed by atoms with E-state index in [1.165, 1.54) is 19.3 Å². The van der Waals surface area contributed by atoms with E-state index >= 15 is 0 Å². The van der Waals surface area contributed by atoms with Crippen LogP contribution in [0.1, 0.15) is 46.0 Å². The molecule has 116 valence electrons. The highest BCUT2D eigenvalue weighted by Crippen LogP contribution is 2.30. The predicted octanol–water partition coefficient (Wildman–Crippen LogP) is 2.40. The third-order valence-electron chi connectivity index (χ3n) is 4.66. The van der Waals surface area contributed by atoms with Crippen molar-refractivity contribution in [2.45, 2.75) is 64.6 Å². The molecule has 2 fully saturated rings. The molecule has 3 unspecified atom stereocenters. The van der Waals surface area contributed by atoms with E-state index in [9.17, 15) is 4.79 Å². The van der Waals surface area contributed by atoms with Crippen molar-refractivity contribution in [3.63, 3.8) is 0 Å². The van der Waals surface area contributed by atoms with E-state index in [1.54, 1.807) is 4.68 Å². The van der Waals surface area contributed by atoms with Crippen molar-refractivity contribution in [3.05, 3.63) is 12.4 Å². The van der Waals surface area contributed by atoms with Crippen LogP contribution >= 0.6 is 0 Å². The van der Waals surface area contributed by atoms with Crippen molar-refractivity contribution in [2.24, 2.45) is 11.8 Å². The number of hydrogen-bond donors (Lipinski definition) is 2. The summed E-state index contributed by atoms with van der Waals surface area (Å²) >= 11 is 0. The Bertz CT molecular complexity index is 494. The summed E-state index contributed by atoms with van der Waals surface area (Å²) in [6.07, 6.45) is 9.81. The maximum absolute atomic E-state index is 11.8. The topological polar surface area (TPSA) is 59.0 Å². The molecule has 2 saturated carbocycles. The van der Waals surface area contributed by atoms with Crippen molar-refractivity contribution < 1.29 is 4.79 Å². The maximum atomic E-state index is 11.8. The number of hydrogen-bond acceptors (Lipinski definition) is 3. The normalized spacial score (nSPS) is 29.1. The Morgan fingerprint density at radius 1 is 1.33 bits per heavy atom. The standard InChI is InChI=1S/C16H26N4O/c1-11-3-6-15(12(2)7-11)18-14-8-17-20(9-14)10-16(21)19-13-4-5-13/h8-9,11-13,15,18H,3-7,10H2,1-2H3,(H,19,21). The molecule has 3 atom stereocenters. The van der Waals surface area contributed by atoms with Crippen LogP contribution in [0.4, 0.5) is 5.69 Å². The van der Waals surface area contributed by atoms with Gasteiger partial charge in [0.1, 0.15) is 6.54 Å². The van der Waals surface area contributed by atoms with E-state index in [2.05, 4.69) is 29.6 Å². The fourth-order valence-electron chi connectivity index (χ4n) is 3.27. The molecule has 0 aliphatic heterocycles. The minimum Gasteiger partial charge on any atom is -0.380 e. The molecular weight excluding hydrogens is 264 g/mol. The lowest BCUT2D eigenvalue weighted by atomic mass is 9.80. The number of nitrogens with zero attached hydrogens (tertiary/aromatic N) is 2. The highest BCUT2D eigenvalue weighted by molar-refractivity contribution is 5.76. The summed E-state index contributed by atoms with van der Waals surface area (Å²) in [7, 11) is 0. The van der Waals surface area contributed by atoms with Gasteiger partial charge in [0.15, 0.2) is 0 Å². The van der Waals surface area contributed by atoms with E-state index in [0.29, 0.717) is 24.5 Å². The lowest BCUT2D eigenvalue weighted by molar-refractivity contribution is -0.122. The maximum Gasteiger partial charge on any atom is 0.241 e. The summed E-state index contributed by atoms with van der Waals surface area (Å²) in [5.74, 6) is 1.59. The minimum absolute atomic E-state index is 0.0620. The number of carbonyl (C=O) groups excluding carboxylic acids is 1. The Balaban J connectivity index is 1.51. The van der Waals surface area contributed by atoms with E-state index in [0.717, 1.165) is 24.4 Å². The van der Waals surface area contributed by atoms with Gasteiger partial charge in [-0.1, -0.05) is 13.8 Å². The molecule has 0 bridgehead atoms. The molecule has 0 saturated heterocycles. The Hall–Kier alpha value is -1.52. The number of nitrogens with one attached hydrogen (secondary N) is 2. The zero-order valence-corrected chi connectivity index (χ0v) is 13.0. The number of amides is 1. The molecule has 1 aromatic heterocycles. The van der Waals surface area contributed by atoms with Gasteiger partial charge in [-0.2, -0.15) is 5.10 Å². The summed E-state index contributed by atoms with van der Waals surface area (Å²) in [5.41, 5.74) is 1.03. The van der Waals surface area contributed by atoms with Crippen LogP contribution in [0.25, 0.3) is 0 Å². The second-order valence-electron chi connectivity index (χ2n) is 6.91. The first-order chi connectivity index (χ1) is 10.1. The molecule has 2 aliphatic rings. The number of aromatic nitrogens is 2. The van der Waals surface area contributed by atoms with Crippen LogP contribution in [0, 0.1) is 11.8 Å². The zero-order chi connectivity index (χ0) is 14.8. The Morgan fingerprint density at radius 3 is 2.86 bits per heavy atom. The van der Waals surface area contributed by atoms with Crippen molar-refractivity contribution in [1.29, 1.82) is 0 Å². The molecular formula is C16H26N4O. The van der Waals surface area contributed by atoms with Gasteiger partial charge < -0.3 is 10.6 Å². The first kappa shape index (κ1) is 14.4. The third-order valence-corrected chi connectivity index (χ3v) is 4.66. The molecule has 1 heterocycles. The van der Waals surface area contributed by atoms with Crippen LogP contribution in [0.3, 0.4) is 0 Å². The Morgan fingerprint density at radius 2 is 2.14 bits per heavy atom. The molecule has 2 aliphatic carbocycles. The zero-order valence-electron chi connectivity index (χ0n) is 13.0. The summed E-state index contributed by atoms with van der Waals surface area (Å²) in [6, 6.07) is 0.940. The van der Waals surface area contributed by atoms with Gasteiger partial charge in [-0.25, -0.2) is 0 Å².